The number of sulfone groups is 1. The number of carbonyl (C=O) groups excluding carboxylic acids is 6. The molecule has 15 heteroatoms. The fourth-order valence-electron chi connectivity index (χ4n) is 4.71. The van der Waals surface area contributed by atoms with E-state index in [2.05, 4.69) is 23.8 Å². The summed E-state index contributed by atoms with van der Waals surface area (Å²) in [5.74, 6) is -2.76. The molecular weight excluding hydrogens is 781 g/mol. The molecule has 4 aromatic carbocycles. The van der Waals surface area contributed by atoms with E-state index in [0.29, 0.717) is 0 Å². The van der Waals surface area contributed by atoms with Gasteiger partial charge in [0, 0.05) is 36.1 Å². The average molecular weight is 821 g/mol. The molecule has 0 aliphatic heterocycles. The predicted molar refractivity (Wildman–Crippen MR) is 218 cm³/mol. The second-order valence-electron chi connectivity index (χ2n) is 12.6. The Morgan fingerprint density at radius 1 is 0.559 bits per heavy atom. The third-order valence-corrected chi connectivity index (χ3v) is 9.43. The number of rotatable bonds is 20. The molecule has 304 valence electrons. The van der Waals surface area contributed by atoms with Crippen LogP contribution in [0.4, 0.5) is 11.4 Å². The molecule has 0 heterocycles. The standard InChI is InChI=1S/C44H40N2O12S/c1-29(2)43(51)55-25-23-31(47)19-21-41(49)45-37-15-5-7-17-39(37)57-33-11-9-13-35(27-33)59(53,54)36-14-10-12-34(28-36)58-40-18-8-6-16-38(40)46-42(50)22-20-32(48)24-26-56-44(52)30(3)4/h5-22,27-28H,1,3,23-26H2,2,4H3,(H,45,49)(H,46,50)/b21-19+,22-20+. The smallest absolute Gasteiger partial charge is 0.333 e. The quantitative estimate of drug-likeness (QED) is 0.0670. The number of esters is 2. The molecule has 59 heavy (non-hydrogen) atoms. The van der Waals surface area contributed by atoms with Crippen molar-refractivity contribution in [3.8, 4) is 23.0 Å². The number of benzene rings is 4. The minimum atomic E-state index is -4.14. The fourth-order valence-corrected chi connectivity index (χ4v) is 6.04. The molecule has 0 saturated carbocycles. The Hall–Kier alpha value is -7.39. The minimum Gasteiger partial charge on any atom is -0.462 e. The molecule has 0 radical (unpaired) electrons. The van der Waals surface area contributed by atoms with Gasteiger partial charge in [0.15, 0.2) is 23.1 Å². The van der Waals surface area contributed by atoms with Crippen LogP contribution in [0.3, 0.4) is 0 Å². The molecule has 0 aromatic heterocycles. The van der Waals surface area contributed by atoms with E-state index in [9.17, 15) is 37.2 Å². The van der Waals surface area contributed by atoms with Gasteiger partial charge in [0.2, 0.25) is 21.7 Å². The van der Waals surface area contributed by atoms with Crippen molar-refractivity contribution in [2.75, 3.05) is 23.8 Å². The molecule has 0 saturated heterocycles. The molecule has 0 bridgehead atoms. The Labute approximate surface area is 340 Å². The zero-order valence-corrected chi connectivity index (χ0v) is 32.9. The number of ketones is 2. The second-order valence-corrected chi connectivity index (χ2v) is 14.5. The summed E-state index contributed by atoms with van der Waals surface area (Å²) in [4.78, 5) is 72.2. The first-order valence-electron chi connectivity index (χ1n) is 17.8. The molecule has 4 aromatic rings. The summed E-state index contributed by atoms with van der Waals surface area (Å²) in [6.45, 7) is 9.56. The fraction of sp³-hybridized carbons (Fsp3) is 0.136. The first kappa shape index (κ1) is 44.3. The predicted octanol–water partition coefficient (Wildman–Crippen LogP) is 7.25. The van der Waals surface area contributed by atoms with Gasteiger partial charge in [-0.05, 0) is 86.7 Å². The lowest BCUT2D eigenvalue weighted by Crippen LogP contribution is -2.11. The highest BCUT2D eigenvalue weighted by Gasteiger charge is 2.20. The summed E-state index contributed by atoms with van der Waals surface area (Å²) in [5, 5.41) is 5.24. The number of carbonyl (C=O) groups is 6. The van der Waals surface area contributed by atoms with Gasteiger partial charge in [-0.25, -0.2) is 18.0 Å². The van der Waals surface area contributed by atoms with Crippen LogP contribution in [-0.4, -0.2) is 57.0 Å². The van der Waals surface area contributed by atoms with Crippen molar-refractivity contribution < 1.29 is 56.1 Å². The molecule has 0 unspecified atom stereocenters. The van der Waals surface area contributed by atoms with E-state index in [1.165, 1.54) is 62.4 Å². The van der Waals surface area contributed by atoms with Crippen LogP contribution in [0.25, 0.3) is 0 Å². The van der Waals surface area contributed by atoms with Gasteiger partial charge < -0.3 is 29.6 Å². The van der Waals surface area contributed by atoms with Crippen molar-refractivity contribution in [2.45, 2.75) is 36.5 Å². The van der Waals surface area contributed by atoms with Gasteiger partial charge in [-0.3, -0.25) is 19.2 Å². The van der Waals surface area contributed by atoms with Crippen molar-refractivity contribution in [2.24, 2.45) is 0 Å². The summed E-state index contributed by atoms with van der Waals surface area (Å²) < 4.78 is 49.4. The zero-order chi connectivity index (χ0) is 43.0. The summed E-state index contributed by atoms with van der Waals surface area (Å²) in [6.07, 6.45) is 3.91. The van der Waals surface area contributed by atoms with Crippen molar-refractivity contribution in [3.63, 3.8) is 0 Å². The number of amides is 2. The Bertz CT molecular complexity index is 2290. The lowest BCUT2D eigenvalue weighted by molar-refractivity contribution is -0.140. The highest BCUT2D eigenvalue weighted by molar-refractivity contribution is 7.91. The lowest BCUT2D eigenvalue weighted by atomic mass is 10.2. The summed E-state index contributed by atoms with van der Waals surface area (Å²) in [7, 11) is -4.14. The molecule has 4 rings (SSSR count). The molecule has 2 amide bonds. The molecular formula is C44H40N2O12S. The SMILES string of the molecule is C=C(C)C(=O)OCCC(=O)/C=C/C(=O)Nc1ccccc1Oc1cccc(S(=O)(=O)c2cccc(Oc3ccccc3NC(=O)/C=C/C(=O)CCOC(=O)C(=C)C)c2)c1. The second kappa shape index (κ2) is 21.2. The maximum Gasteiger partial charge on any atom is 0.333 e. The number of ether oxygens (including phenoxy) is 4. The van der Waals surface area contributed by atoms with E-state index >= 15 is 0 Å². The molecule has 0 atom stereocenters. The van der Waals surface area contributed by atoms with E-state index in [1.807, 2.05) is 0 Å². The van der Waals surface area contributed by atoms with E-state index in [4.69, 9.17) is 18.9 Å². The van der Waals surface area contributed by atoms with E-state index < -0.39 is 45.2 Å². The number of allylic oxidation sites excluding steroid dienone is 2. The third kappa shape index (κ3) is 13.9. The van der Waals surface area contributed by atoms with Crippen LogP contribution in [0.2, 0.25) is 0 Å². The molecule has 0 aliphatic rings. The van der Waals surface area contributed by atoms with Crippen LogP contribution in [0.15, 0.2) is 155 Å². The Kier molecular flexibility index (Phi) is 15.9. The van der Waals surface area contributed by atoms with Gasteiger partial charge in [-0.1, -0.05) is 49.6 Å². The molecule has 0 aliphatic carbocycles. The van der Waals surface area contributed by atoms with Crippen molar-refractivity contribution in [1.29, 1.82) is 0 Å². The van der Waals surface area contributed by atoms with Crippen molar-refractivity contribution in [1.82, 2.24) is 0 Å². The van der Waals surface area contributed by atoms with Gasteiger partial charge in [0.1, 0.15) is 11.5 Å². The molecule has 2 N–H and O–H groups in total. The summed E-state index contributed by atoms with van der Waals surface area (Å²) >= 11 is 0. The maximum atomic E-state index is 13.8. The first-order valence-corrected chi connectivity index (χ1v) is 19.3. The number of nitrogens with one attached hydrogen (secondary N) is 2. The maximum absolute atomic E-state index is 13.8. The third-order valence-electron chi connectivity index (χ3n) is 7.68. The topological polar surface area (TPSA) is 198 Å². The number of anilines is 2. The first-order chi connectivity index (χ1) is 28.1. The largest absolute Gasteiger partial charge is 0.462 e. The molecule has 14 nitrogen and oxygen atoms in total. The van der Waals surface area contributed by atoms with E-state index in [0.717, 1.165) is 24.3 Å². The van der Waals surface area contributed by atoms with Crippen LogP contribution < -0.4 is 20.1 Å². The van der Waals surface area contributed by atoms with Crippen molar-refractivity contribution in [3.05, 3.63) is 146 Å². The Morgan fingerprint density at radius 3 is 1.34 bits per heavy atom. The van der Waals surface area contributed by atoms with E-state index in [1.54, 1.807) is 48.5 Å². The summed E-state index contributed by atoms with van der Waals surface area (Å²) in [5.41, 5.74) is 0.876. The number of para-hydroxylation sites is 4. The highest BCUT2D eigenvalue weighted by Crippen LogP contribution is 2.34. The Balaban J connectivity index is 1.40. The monoisotopic (exact) mass is 820 g/mol. The van der Waals surface area contributed by atoms with Crippen LogP contribution in [0.1, 0.15) is 26.7 Å². The van der Waals surface area contributed by atoms with Crippen LogP contribution >= 0.6 is 0 Å². The van der Waals surface area contributed by atoms with Crippen molar-refractivity contribution >= 4 is 56.5 Å². The lowest BCUT2D eigenvalue weighted by Gasteiger charge is -2.14. The number of hydrogen-bond acceptors (Lipinski definition) is 12. The van der Waals surface area contributed by atoms with Crippen LogP contribution in [-0.2, 0) is 48.1 Å². The Morgan fingerprint density at radius 2 is 0.949 bits per heavy atom. The average Bonchev–Trinajstić information content (AvgIpc) is 3.20. The normalized spacial score (nSPS) is 11.0. The molecule has 0 fully saturated rings. The molecule has 0 spiro atoms. The highest BCUT2D eigenvalue weighted by atomic mass is 32.2. The van der Waals surface area contributed by atoms with Gasteiger partial charge in [-0.15, -0.1) is 0 Å². The van der Waals surface area contributed by atoms with Crippen LogP contribution in [0.5, 0.6) is 23.0 Å². The zero-order valence-electron chi connectivity index (χ0n) is 32.1. The van der Waals surface area contributed by atoms with Gasteiger partial charge >= 0.3 is 11.9 Å². The number of hydrogen-bond donors (Lipinski definition) is 2. The van der Waals surface area contributed by atoms with E-state index in [-0.39, 0.29) is 81.4 Å². The summed E-state index contributed by atoms with van der Waals surface area (Å²) in [6, 6.07) is 24.3. The van der Waals surface area contributed by atoms with Gasteiger partial charge in [0.05, 0.1) is 34.4 Å². The minimum absolute atomic E-state index is 0.105. The van der Waals surface area contributed by atoms with Crippen LogP contribution in [0, 0.1) is 0 Å². The van der Waals surface area contributed by atoms with Gasteiger partial charge in [0.25, 0.3) is 0 Å². The van der Waals surface area contributed by atoms with Gasteiger partial charge in [-0.2, -0.15) is 0 Å².